The van der Waals surface area contributed by atoms with Gasteiger partial charge in [0.1, 0.15) is 5.01 Å². The van der Waals surface area contributed by atoms with Gasteiger partial charge >= 0.3 is 0 Å². The van der Waals surface area contributed by atoms with Crippen molar-refractivity contribution >= 4 is 41.3 Å². The predicted molar refractivity (Wildman–Crippen MR) is 125 cm³/mol. The van der Waals surface area contributed by atoms with Gasteiger partial charge in [-0.05, 0) is 23.5 Å². The molecule has 1 aromatic carbocycles. The third kappa shape index (κ3) is 6.43. The molecule has 0 saturated heterocycles. The molecular formula is C20H30IN5S. The van der Waals surface area contributed by atoms with Crippen molar-refractivity contribution in [3.8, 4) is 0 Å². The fourth-order valence-corrected chi connectivity index (χ4v) is 4.02. The number of fused-ring (bicyclic) bond motifs is 1. The normalized spacial score (nSPS) is 14.6. The molecule has 5 nitrogen and oxygen atoms in total. The molecule has 1 aliphatic rings. The summed E-state index contributed by atoms with van der Waals surface area (Å²) in [4.78, 5) is 11.5. The van der Waals surface area contributed by atoms with Crippen LogP contribution in [0.5, 0.6) is 0 Å². The second-order valence-electron chi connectivity index (χ2n) is 6.97. The Morgan fingerprint density at radius 2 is 2.04 bits per heavy atom. The summed E-state index contributed by atoms with van der Waals surface area (Å²) in [5, 5.41) is 10.0. The topological polar surface area (TPSA) is 52.6 Å². The van der Waals surface area contributed by atoms with Crippen LogP contribution in [0.25, 0.3) is 0 Å². The third-order valence-corrected chi connectivity index (χ3v) is 5.59. The first-order valence-electron chi connectivity index (χ1n) is 9.33. The maximum Gasteiger partial charge on any atom is 0.191 e. The monoisotopic (exact) mass is 499 g/mol. The molecule has 0 fully saturated rings. The van der Waals surface area contributed by atoms with Crippen molar-refractivity contribution in [1.82, 2.24) is 20.5 Å². The molecule has 7 heteroatoms. The minimum atomic E-state index is 0. The van der Waals surface area contributed by atoms with Crippen LogP contribution in [0.2, 0.25) is 0 Å². The molecule has 27 heavy (non-hydrogen) atoms. The van der Waals surface area contributed by atoms with Gasteiger partial charge in [-0.2, -0.15) is 0 Å². The first kappa shape index (κ1) is 22.1. The lowest BCUT2D eigenvalue weighted by atomic mass is 10.00. The summed E-state index contributed by atoms with van der Waals surface area (Å²) in [7, 11) is 1.81. The van der Waals surface area contributed by atoms with Gasteiger partial charge in [0.2, 0.25) is 0 Å². The van der Waals surface area contributed by atoms with Crippen molar-refractivity contribution < 1.29 is 0 Å². The molecule has 2 heterocycles. The van der Waals surface area contributed by atoms with E-state index in [-0.39, 0.29) is 24.0 Å². The summed E-state index contributed by atoms with van der Waals surface area (Å²) in [6.45, 7) is 9.13. The maximum absolute atomic E-state index is 4.66. The molecule has 0 spiro atoms. The van der Waals surface area contributed by atoms with Crippen LogP contribution >= 0.6 is 35.3 Å². The Bertz CT molecular complexity index is 743. The quantitative estimate of drug-likeness (QED) is 0.362. The lowest BCUT2D eigenvalue weighted by molar-refractivity contribution is 0.258. The van der Waals surface area contributed by atoms with Gasteiger partial charge in [-0.1, -0.05) is 38.1 Å². The van der Waals surface area contributed by atoms with Gasteiger partial charge in [-0.25, -0.2) is 4.98 Å². The highest BCUT2D eigenvalue weighted by molar-refractivity contribution is 14.0. The summed E-state index contributed by atoms with van der Waals surface area (Å²) in [5.74, 6) is 1.32. The number of thiazole rings is 1. The zero-order valence-corrected chi connectivity index (χ0v) is 19.5. The Morgan fingerprint density at radius 3 is 2.74 bits per heavy atom. The average molecular weight is 499 g/mol. The first-order chi connectivity index (χ1) is 12.7. The molecule has 0 radical (unpaired) electrons. The number of rotatable bonds is 6. The molecule has 148 valence electrons. The Hall–Kier alpha value is -1.19. The largest absolute Gasteiger partial charge is 0.355 e. The van der Waals surface area contributed by atoms with Gasteiger partial charge < -0.3 is 10.6 Å². The van der Waals surface area contributed by atoms with Crippen LogP contribution in [0.15, 0.2) is 34.6 Å². The number of aliphatic imine (C=N–C) groups is 1. The number of nitrogens with one attached hydrogen (secondary N) is 2. The molecule has 2 aromatic rings. The molecule has 0 unspecified atom stereocenters. The van der Waals surface area contributed by atoms with Crippen LogP contribution in [0.4, 0.5) is 0 Å². The summed E-state index contributed by atoms with van der Waals surface area (Å²) in [6, 6.07) is 8.77. The number of nitrogens with zero attached hydrogens (tertiary/aromatic N) is 3. The van der Waals surface area contributed by atoms with Crippen molar-refractivity contribution in [2.24, 2.45) is 4.99 Å². The highest BCUT2D eigenvalue weighted by atomic mass is 127. The second-order valence-corrected chi connectivity index (χ2v) is 7.91. The van der Waals surface area contributed by atoms with E-state index in [1.54, 1.807) is 11.3 Å². The fraction of sp³-hybridized carbons (Fsp3) is 0.500. The van der Waals surface area contributed by atoms with E-state index in [2.05, 4.69) is 69.0 Å². The van der Waals surface area contributed by atoms with Crippen molar-refractivity contribution in [2.45, 2.75) is 39.3 Å². The number of aromatic nitrogens is 1. The Labute approximate surface area is 183 Å². The molecule has 2 N–H and O–H groups in total. The molecule has 0 bridgehead atoms. The SMILES string of the molecule is CN=C(NCCN1CCc2ccccc2C1)NCc1nc(C(C)C)cs1.I. The van der Waals surface area contributed by atoms with E-state index in [9.17, 15) is 0 Å². The summed E-state index contributed by atoms with van der Waals surface area (Å²) in [5.41, 5.74) is 4.13. The number of halogens is 1. The van der Waals surface area contributed by atoms with E-state index in [4.69, 9.17) is 0 Å². The van der Waals surface area contributed by atoms with E-state index < -0.39 is 0 Å². The van der Waals surface area contributed by atoms with Crippen molar-refractivity contribution in [1.29, 1.82) is 0 Å². The second kappa shape index (κ2) is 11.0. The van der Waals surface area contributed by atoms with Crippen LogP contribution < -0.4 is 10.6 Å². The zero-order valence-electron chi connectivity index (χ0n) is 16.4. The van der Waals surface area contributed by atoms with Gasteiger partial charge in [0.15, 0.2) is 5.96 Å². The maximum atomic E-state index is 4.66. The van der Waals surface area contributed by atoms with Crippen molar-refractivity contribution in [3.05, 3.63) is 51.5 Å². The summed E-state index contributed by atoms with van der Waals surface area (Å²) < 4.78 is 0. The predicted octanol–water partition coefficient (Wildman–Crippen LogP) is 3.61. The number of guanidine groups is 1. The van der Waals surface area contributed by atoms with Gasteiger partial charge in [0, 0.05) is 38.6 Å². The van der Waals surface area contributed by atoms with Crippen LogP contribution in [0.1, 0.15) is 41.6 Å². The third-order valence-electron chi connectivity index (χ3n) is 4.72. The minimum Gasteiger partial charge on any atom is -0.355 e. The van der Waals surface area contributed by atoms with E-state index in [1.165, 1.54) is 16.8 Å². The van der Waals surface area contributed by atoms with Gasteiger partial charge in [0.05, 0.1) is 12.2 Å². The summed E-state index contributed by atoms with van der Waals surface area (Å²) in [6.07, 6.45) is 1.14. The molecular weight excluding hydrogens is 469 g/mol. The van der Waals surface area contributed by atoms with Gasteiger partial charge in [-0.15, -0.1) is 35.3 Å². The number of hydrogen-bond acceptors (Lipinski definition) is 4. The zero-order chi connectivity index (χ0) is 18.4. The Morgan fingerprint density at radius 1 is 1.26 bits per heavy atom. The number of hydrogen-bond donors (Lipinski definition) is 2. The molecule has 0 saturated carbocycles. The van der Waals surface area contributed by atoms with Crippen LogP contribution in [-0.2, 0) is 19.5 Å². The molecule has 1 aromatic heterocycles. The first-order valence-corrected chi connectivity index (χ1v) is 10.2. The Kier molecular flexibility index (Phi) is 8.98. The molecule has 0 aliphatic carbocycles. The van der Waals surface area contributed by atoms with Crippen molar-refractivity contribution in [2.75, 3.05) is 26.7 Å². The molecule has 1 aliphatic heterocycles. The standard InChI is InChI=1S/C20H29N5S.HI/c1-15(2)18-14-26-19(24-18)12-23-20(21-3)22-9-11-25-10-8-16-6-4-5-7-17(16)13-25;/h4-7,14-15H,8-13H2,1-3H3,(H2,21,22,23);1H. The molecule has 3 rings (SSSR count). The highest BCUT2D eigenvalue weighted by Crippen LogP contribution is 2.18. The van der Waals surface area contributed by atoms with E-state index in [1.807, 2.05) is 7.05 Å². The molecule has 0 amide bonds. The number of benzene rings is 1. The summed E-state index contributed by atoms with van der Waals surface area (Å²) >= 11 is 1.71. The van der Waals surface area contributed by atoms with E-state index in [0.717, 1.165) is 43.6 Å². The average Bonchev–Trinajstić information content (AvgIpc) is 3.14. The lowest BCUT2D eigenvalue weighted by Crippen LogP contribution is -2.42. The van der Waals surface area contributed by atoms with Crippen LogP contribution in [0.3, 0.4) is 0 Å². The fourth-order valence-electron chi connectivity index (χ4n) is 3.13. The van der Waals surface area contributed by atoms with E-state index >= 15 is 0 Å². The van der Waals surface area contributed by atoms with Gasteiger partial charge in [-0.3, -0.25) is 9.89 Å². The van der Waals surface area contributed by atoms with Crippen LogP contribution in [0, 0.1) is 0 Å². The highest BCUT2D eigenvalue weighted by Gasteiger charge is 2.15. The van der Waals surface area contributed by atoms with E-state index in [0.29, 0.717) is 12.5 Å². The lowest BCUT2D eigenvalue weighted by Gasteiger charge is -2.28. The van der Waals surface area contributed by atoms with Gasteiger partial charge in [0.25, 0.3) is 0 Å². The smallest absolute Gasteiger partial charge is 0.191 e. The minimum absolute atomic E-state index is 0. The van der Waals surface area contributed by atoms with Crippen LogP contribution in [-0.4, -0.2) is 42.5 Å². The molecule has 0 atom stereocenters. The Balaban J connectivity index is 0.00000261. The van der Waals surface area contributed by atoms with Crippen molar-refractivity contribution in [3.63, 3.8) is 0 Å².